The lowest BCUT2D eigenvalue weighted by atomic mass is 10.0. The number of nitro benzene ring substituents is 1. The first-order chi connectivity index (χ1) is 9.03. The van der Waals surface area contributed by atoms with Gasteiger partial charge in [-0.05, 0) is 24.6 Å². The molecule has 0 heterocycles. The molecular weight excluding hydrogens is 252 g/mol. The van der Waals surface area contributed by atoms with Crippen molar-refractivity contribution in [2.75, 3.05) is 6.61 Å². The van der Waals surface area contributed by atoms with Crippen LogP contribution in [-0.2, 0) is 16.0 Å². The summed E-state index contributed by atoms with van der Waals surface area (Å²) in [5.74, 6) is -0.530. The number of nitro groups is 1. The van der Waals surface area contributed by atoms with Crippen molar-refractivity contribution in [2.45, 2.75) is 13.3 Å². The van der Waals surface area contributed by atoms with Gasteiger partial charge in [0.2, 0.25) is 0 Å². The van der Waals surface area contributed by atoms with Gasteiger partial charge in [0.05, 0.1) is 23.5 Å². The SMILES string of the molecule is CCOC(=O)Cc1cc(C#N)c([N+](=O)[O-])c(C=O)c1. The van der Waals surface area contributed by atoms with Gasteiger partial charge >= 0.3 is 5.97 Å². The van der Waals surface area contributed by atoms with Gasteiger partial charge in [0.15, 0.2) is 6.29 Å². The van der Waals surface area contributed by atoms with Crippen molar-refractivity contribution >= 4 is 17.9 Å². The van der Waals surface area contributed by atoms with E-state index < -0.39 is 16.6 Å². The Balaban J connectivity index is 3.25. The van der Waals surface area contributed by atoms with Gasteiger partial charge in [-0.1, -0.05) is 0 Å². The Morgan fingerprint density at radius 3 is 2.74 bits per heavy atom. The van der Waals surface area contributed by atoms with Gasteiger partial charge in [-0.3, -0.25) is 19.7 Å². The van der Waals surface area contributed by atoms with Crippen molar-refractivity contribution in [2.24, 2.45) is 0 Å². The first-order valence-electron chi connectivity index (χ1n) is 5.35. The number of nitriles is 1. The molecule has 0 spiro atoms. The van der Waals surface area contributed by atoms with Crippen LogP contribution in [0.3, 0.4) is 0 Å². The maximum Gasteiger partial charge on any atom is 0.310 e. The number of ether oxygens (including phenoxy) is 1. The third-order valence-electron chi connectivity index (χ3n) is 2.28. The van der Waals surface area contributed by atoms with E-state index in [4.69, 9.17) is 10.00 Å². The fourth-order valence-electron chi connectivity index (χ4n) is 1.58. The van der Waals surface area contributed by atoms with Crippen LogP contribution >= 0.6 is 0 Å². The molecular formula is C12H10N2O5. The summed E-state index contributed by atoms with van der Waals surface area (Å²) >= 11 is 0. The van der Waals surface area contributed by atoms with Crippen molar-refractivity contribution < 1.29 is 19.2 Å². The van der Waals surface area contributed by atoms with Crippen molar-refractivity contribution in [3.8, 4) is 6.07 Å². The van der Waals surface area contributed by atoms with E-state index in [-0.39, 0.29) is 30.4 Å². The molecule has 0 saturated heterocycles. The molecule has 1 aromatic carbocycles. The predicted molar refractivity (Wildman–Crippen MR) is 63.5 cm³/mol. The number of carbonyl (C=O) groups excluding carboxylic acids is 2. The standard InChI is InChI=1S/C12H10N2O5/c1-2-19-11(16)5-8-3-9(6-13)12(14(17)18)10(4-8)7-15/h3-4,7H,2,5H2,1H3. The average Bonchev–Trinajstić information content (AvgIpc) is 2.37. The summed E-state index contributed by atoms with van der Waals surface area (Å²) in [5.41, 5.74) is -0.718. The Morgan fingerprint density at radius 2 is 2.26 bits per heavy atom. The molecule has 0 radical (unpaired) electrons. The van der Waals surface area contributed by atoms with E-state index in [2.05, 4.69) is 0 Å². The Morgan fingerprint density at radius 1 is 1.58 bits per heavy atom. The van der Waals surface area contributed by atoms with Crippen LogP contribution in [0.5, 0.6) is 0 Å². The summed E-state index contributed by atoms with van der Waals surface area (Å²) in [6, 6.07) is 4.07. The highest BCUT2D eigenvalue weighted by Crippen LogP contribution is 2.24. The highest BCUT2D eigenvalue weighted by Gasteiger charge is 2.21. The van der Waals surface area contributed by atoms with Crippen LogP contribution in [0, 0.1) is 21.4 Å². The van der Waals surface area contributed by atoms with Crippen molar-refractivity contribution in [3.05, 3.63) is 38.9 Å². The number of benzene rings is 1. The van der Waals surface area contributed by atoms with Crippen molar-refractivity contribution in [3.63, 3.8) is 0 Å². The zero-order valence-corrected chi connectivity index (χ0v) is 10.1. The molecule has 7 heteroatoms. The zero-order valence-electron chi connectivity index (χ0n) is 10.1. The van der Waals surface area contributed by atoms with Crippen LogP contribution in [0.25, 0.3) is 0 Å². The topological polar surface area (TPSA) is 110 Å². The fourth-order valence-corrected chi connectivity index (χ4v) is 1.58. The molecule has 0 atom stereocenters. The van der Waals surface area contributed by atoms with Gasteiger partial charge < -0.3 is 4.74 Å². The predicted octanol–water partition coefficient (Wildman–Crippen LogP) is 1.38. The molecule has 0 saturated carbocycles. The fraction of sp³-hybridized carbons (Fsp3) is 0.250. The van der Waals surface area contributed by atoms with Crippen LogP contribution in [0.1, 0.15) is 28.4 Å². The van der Waals surface area contributed by atoms with E-state index in [9.17, 15) is 19.7 Å². The lowest BCUT2D eigenvalue weighted by Crippen LogP contribution is -2.09. The molecule has 1 aromatic rings. The molecule has 7 nitrogen and oxygen atoms in total. The zero-order chi connectivity index (χ0) is 14.4. The summed E-state index contributed by atoms with van der Waals surface area (Å²) in [7, 11) is 0. The van der Waals surface area contributed by atoms with Crippen molar-refractivity contribution in [1.82, 2.24) is 0 Å². The minimum atomic E-state index is -0.795. The number of esters is 1. The second kappa shape index (κ2) is 6.26. The second-order valence-corrected chi connectivity index (χ2v) is 3.55. The lowest BCUT2D eigenvalue weighted by molar-refractivity contribution is -0.385. The van der Waals surface area contributed by atoms with E-state index in [0.717, 1.165) is 0 Å². The molecule has 0 bridgehead atoms. The minimum absolute atomic E-state index is 0.151. The number of carbonyl (C=O) groups is 2. The molecule has 0 aliphatic carbocycles. The molecule has 1 rings (SSSR count). The molecule has 0 aromatic heterocycles. The normalized spacial score (nSPS) is 9.47. The molecule has 0 N–H and O–H groups in total. The lowest BCUT2D eigenvalue weighted by Gasteiger charge is -2.04. The third kappa shape index (κ3) is 3.35. The summed E-state index contributed by atoms with van der Waals surface area (Å²) < 4.78 is 4.73. The molecule has 0 aliphatic rings. The summed E-state index contributed by atoms with van der Waals surface area (Å²) in [6.07, 6.45) is 0.134. The minimum Gasteiger partial charge on any atom is -0.466 e. The summed E-state index contributed by atoms with van der Waals surface area (Å²) in [6.45, 7) is 1.85. The molecule has 0 fully saturated rings. The highest BCUT2D eigenvalue weighted by molar-refractivity contribution is 5.85. The average molecular weight is 262 g/mol. The maximum absolute atomic E-state index is 11.3. The quantitative estimate of drug-likeness (QED) is 0.343. The smallest absolute Gasteiger partial charge is 0.310 e. The number of hydrogen-bond donors (Lipinski definition) is 0. The first-order valence-corrected chi connectivity index (χ1v) is 5.35. The Labute approximate surface area is 108 Å². The largest absolute Gasteiger partial charge is 0.466 e. The molecule has 19 heavy (non-hydrogen) atoms. The van der Waals surface area contributed by atoms with Gasteiger partial charge in [-0.15, -0.1) is 0 Å². The molecule has 0 unspecified atom stereocenters. The van der Waals surface area contributed by atoms with Crippen LogP contribution in [0.15, 0.2) is 12.1 Å². The molecule has 98 valence electrons. The number of nitrogens with zero attached hydrogens (tertiary/aromatic N) is 2. The summed E-state index contributed by atoms with van der Waals surface area (Å²) in [5, 5.41) is 19.7. The van der Waals surface area contributed by atoms with Crippen LogP contribution in [0.4, 0.5) is 5.69 Å². The first kappa shape index (κ1) is 14.3. The van der Waals surface area contributed by atoms with E-state index in [0.29, 0.717) is 5.56 Å². The highest BCUT2D eigenvalue weighted by atomic mass is 16.6. The summed E-state index contributed by atoms with van der Waals surface area (Å²) in [4.78, 5) is 32.1. The van der Waals surface area contributed by atoms with Gasteiger partial charge in [-0.25, -0.2) is 0 Å². The van der Waals surface area contributed by atoms with E-state index in [1.165, 1.54) is 12.1 Å². The maximum atomic E-state index is 11.3. The Hall–Kier alpha value is -2.75. The van der Waals surface area contributed by atoms with Gasteiger partial charge in [0, 0.05) is 0 Å². The Kier molecular flexibility index (Phi) is 4.71. The van der Waals surface area contributed by atoms with Crippen LogP contribution in [0.2, 0.25) is 0 Å². The van der Waals surface area contributed by atoms with Crippen LogP contribution < -0.4 is 0 Å². The second-order valence-electron chi connectivity index (χ2n) is 3.55. The number of aldehydes is 1. The molecule has 0 amide bonds. The molecule has 0 aliphatic heterocycles. The van der Waals surface area contributed by atoms with Crippen LogP contribution in [-0.4, -0.2) is 23.8 Å². The third-order valence-corrected chi connectivity index (χ3v) is 2.28. The monoisotopic (exact) mass is 262 g/mol. The van der Waals surface area contributed by atoms with Crippen molar-refractivity contribution in [1.29, 1.82) is 5.26 Å². The van der Waals surface area contributed by atoms with E-state index in [1.54, 1.807) is 13.0 Å². The van der Waals surface area contributed by atoms with Gasteiger partial charge in [0.25, 0.3) is 5.69 Å². The van der Waals surface area contributed by atoms with E-state index >= 15 is 0 Å². The van der Waals surface area contributed by atoms with Gasteiger partial charge in [-0.2, -0.15) is 5.26 Å². The Bertz CT molecular complexity index is 574. The number of hydrogen-bond acceptors (Lipinski definition) is 6. The number of rotatable bonds is 5. The van der Waals surface area contributed by atoms with Gasteiger partial charge in [0.1, 0.15) is 11.6 Å². The van der Waals surface area contributed by atoms with E-state index in [1.807, 2.05) is 0 Å².